The lowest BCUT2D eigenvalue weighted by molar-refractivity contribution is 0.0173. The van der Waals surface area contributed by atoms with Crippen molar-refractivity contribution in [1.29, 1.82) is 5.26 Å². The van der Waals surface area contributed by atoms with E-state index in [-0.39, 0.29) is 5.41 Å². The molecule has 1 heteroatoms. The van der Waals surface area contributed by atoms with Gasteiger partial charge in [-0.15, -0.1) is 0 Å². The van der Waals surface area contributed by atoms with Crippen LogP contribution in [0.1, 0.15) is 97.3 Å². The molecule has 0 unspecified atom stereocenters. The highest BCUT2D eigenvalue weighted by Crippen LogP contribution is 2.54. The molecule has 0 saturated heterocycles. The topological polar surface area (TPSA) is 23.8 Å². The van der Waals surface area contributed by atoms with E-state index in [9.17, 15) is 5.26 Å². The maximum absolute atomic E-state index is 10.2. The maximum Gasteiger partial charge on any atom is 0.0695 e. The van der Waals surface area contributed by atoms with Gasteiger partial charge in [-0.25, -0.2) is 0 Å². The highest BCUT2D eigenvalue weighted by atomic mass is 14.5. The van der Waals surface area contributed by atoms with Gasteiger partial charge in [-0.1, -0.05) is 71.6 Å². The van der Waals surface area contributed by atoms with Crippen molar-refractivity contribution in [3.63, 3.8) is 0 Å². The smallest absolute Gasteiger partial charge is 0.0695 e. The normalized spacial score (nSPS) is 31.2. The summed E-state index contributed by atoms with van der Waals surface area (Å²) >= 11 is 0. The molecule has 1 nitrogen and oxygen atoms in total. The summed E-state index contributed by atoms with van der Waals surface area (Å²) in [6.07, 6.45) is 17.2. The molecule has 2 atom stereocenters. The summed E-state index contributed by atoms with van der Waals surface area (Å²) in [5.41, 5.74) is 0.0354. The predicted octanol–water partition coefficient (Wildman–Crippen LogP) is 6.48. The van der Waals surface area contributed by atoms with Gasteiger partial charge in [0.05, 0.1) is 11.5 Å². The van der Waals surface area contributed by atoms with Crippen LogP contribution >= 0.6 is 0 Å². The Hall–Kier alpha value is -0.510. The van der Waals surface area contributed by atoms with Crippen molar-refractivity contribution in [2.75, 3.05) is 0 Å². The highest BCUT2D eigenvalue weighted by molar-refractivity contribution is 5.10. The molecule has 0 aliphatic heterocycles. The third kappa shape index (κ3) is 3.64. The summed E-state index contributed by atoms with van der Waals surface area (Å²) in [4.78, 5) is 0. The van der Waals surface area contributed by atoms with Crippen molar-refractivity contribution in [3.8, 4) is 6.07 Å². The molecule has 2 aliphatic carbocycles. The van der Waals surface area contributed by atoms with Gasteiger partial charge in [-0.05, 0) is 43.4 Å². The Bertz CT molecular complexity index is 330. The Morgan fingerprint density at radius 2 is 1.57 bits per heavy atom. The van der Waals surface area contributed by atoms with Crippen LogP contribution in [0.5, 0.6) is 0 Å². The molecule has 2 fully saturated rings. The standard InChI is InChI=1S/C20H35N/c1-3-10-17(11-4-2)19-14-8-9-15-20(19,16-21)18-12-6-5-7-13-18/h17-19H,3-15H2,1-2H3/t19-,20+/m0/s1. The number of rotatable bonds is 6. The Morgan fingerprint density at radius 1 is 0.952 bits per heavy atom. The van der Waals surface area contributed by atoms with Crippen LogP contribution in [0.25, 0.3) is 0 Å². The molecule has 0 amide bonds. The van der Waals surface area contributed by atoms with Gasteiger partial charge in [0, 0.05) is 0 Å². The summed E-state index contributed by atoms with van der Waals surface area (Å²) in [7, 11) is 0. The Labute approximate surface area is 132 Å². The SMILES string of the molecule is CCCC(CCC)[C@@H]1CCCC[C@@]1(C#N)C1CCCCC1. The van der Waals surface area contributed by atoms with Gasteiger partial charge in [-0.3, -0.25) is 0 Å². The van der Waals surface area contributed by atoms with Crippen molar-refractivity contribution < 1.29 is 0 Å². The molecule has 0 bridgehead atoms. The highest BCUT2D eigenvalue weighted by Gasteiger charge is 2.49. The zero-order valence-corrected chi connectivity index (χ0v) is 14.4. The first-order valence-electron chi connectivity index (χ1n) is 9.69. The lowest BCUT2D eigenvalue weighted by Gasteiger charge is -2.49. The van der Waals surface area contributed by atoms with E-state index in [4.69, 9.17) is 0 Å². The Kier molecular flexibility index (Phi) is 6.59. The van der Waals surface area contributed by atoms with Gasteiger partial charge in [0.1, 0.15) is 0 Å². The second-order valence-electron chi connectivity index (χ2n) is 7.68. The molecule has 0 aromatic rings. The lowest BCUT2D eigenvalue weighted by atomic mass is 9.53. The average Bonchev–Trinajstić information content (AvgIpc) is 2.55. The molecule has 120 valence electrons. The van der Waals surface area contributed by atoms with Gasteiger partial charge in [-0.2, -0.15) is 5.26 Å². The third-order valence-electron chi connectivity index (χ3n) is 6.45. The van der Waals surface area contributed by atoms with Gasteiger partial charge in [0.15, 0.2) is 0 Å². The van der Waals surface area contributed by atoms with Crippen molar-refractivity contribution in [3.05, 3.63) is 0 Å². The fraction of sp³-hybridized carbons (Fsp3) is 0.950. The first-order chi connectivity index (χ1) is 10.3. The van der Waals surface area contributed by atoms with E-state index in [1.54, 1.807) is 0 Å². The number of hydrogen-bond donors (Lipinski definition) is 0. The lowest BCUT2D eigenvalue weighted by Crippen LogP contribution is -2.43. The molecule has 2 rings (SSSR count). The van der Waals surface area contributed by atoms with E-state index in [1.807, 2.05) is 0 Å². The monoisotopic (exact) mass is 289 g/mol. The molecule has 0 N–H and O–H groups in total. The molecule has 0 radical (unpaired) electrons. The summed E-state index contributed by atoms with van der Waals surface area (Å²) in [5, 5.41) is 10.2. The maximum atomic E-state index is 10.2. The summed E-state index contributed by atoms with van der Waals surface area (Å²) in [5.74, 6) is 2.21. The molecule has 0 spiro atoms. The van der Waals surface area contributed by atoms with Crippen LogP contribution in [0.2, 0.25) is 0 Å². The minimum atomic E-state index is 0.0354. The van der Waals surface area contributed by atoms with Crippen LogP contribution in [-0.2, 0) is 0 Å². The van der Waals surface area contributed by atoms with Crippen LogP contribution in [-0.4, -0.2) is 0 Å². The fourth-order valence-electron chi connectivity index (χ4n) is 5.52. The van der Waals surface area contributed by atoms with Crippen LogP contribution in [0.4, 0.5) is 0 Å². The zero-order valence-electron chi connectivity index (χ0n) is 14.4. The number of nitriles is 1. The largest absolute Gasteiger partial charge is 0.198 e. The van der Waals surface area contributed by atoms with E-state index in [1.165, 1.54) is 83.5 Å². The van der Waals surface area contributed by atoms with Gasteiger partial charge >= 0.3 is 0 Å². The van der Waals surface area contributed by atoms with Crippen LogP contribution in [0, 0.1) is 34.5 Å². The van der Waals surface area contributed by atoms with Crippen molar-refractivity contribution in [2.45, 2.75) is 97.3 Å². The van der Waals surface area contributed by atoms with E-state index < -0.39 is 0 Å². The second-order valence-corrected chi connectivity index (χ2v) is 7.68. The average molecular weight is 290 g/mol. The van der Waals surface area contributed by atoms with Crippen molar-refractivity contribution >= 4 is 0 Å². The summed E-state index contributed by atoms with van der Waals surface area (Å²) in [6, 6.07) is 2.93. The first kappa shape index (κ1) is 16.9. The predicted molar refractivity (Wildman–Crippen MR) is 89.9 cm³/mol. The molecule has 0 heterocycles. The van der Waals surface area contributed by atoms with E-state index >= 15 is 0 Å². The molecule has 21 heavy (non-hydrogen) atoms. The van der Waals surface area contributed by atoms with E-state index in [0.29, 0.717) is 11.8 Å². The quantitative estimate of drug-likeness (QED) is 0.548. The zero-order chi connectivity index (χ0) is 15.1. The van der Waals surface area contributed by atoms with Crippen molar-refractivity contribution in [2.24, 2.45) is 23.2 Å². The first-order valence-corrected chi connectivity index (χ1v) is 9.69. The van der Waals surface area contributed by atoms with Gasteiger partial charge < -0.3 is 0 Å². The molecule has 2 aliphatic rings. The molecule has 0 aromatic heterocycles. The van der Waals surface area contributed by atoms with E-state index in [0.717, 1.165) is 5.92 Å². The molecule has 2 saturated carbocycles. The minimum Gasteiger partial charge on any atom is -0.198 e. The summed E-state index contributed by atoms with van der Waals surface area (Å²) < 4.78 is 0. The van der Waals surface area contributed by atoms with Gasteiger partial charge in [0.2, 0.25) is 0 Å². The number of hydrogen-bond acceptors (Lipinski definition) is 1. The molecular weight excluding hydrogens is 254 g/mol. The van der Waals surface area contributed by atoms with Gasteiger partial charge in [0.25, 0.3) is 0 Å². The molecular formula is C20H35N. The Morgan fingerprint density at radius 3 is 2.14 bits per heavy atom. The minimum absolute atomic E-state index is 0.0354. The Balaban J connectivity index is 2.23. The van der Waals surface area contributed by atoms with Crippen LogP contribution in [0.15, 0.2) is 0 Å². The fourth-order valence-corrected chi connectivity index (χ4v) is 5.52. The van der Waals surface area contributed by atoms with Crippen LogP contribution in [0.3, 0.4) is 0 Å². The second kappa shape index (κ2) is 8.21. The third-order valence-corrected chi connectivity index (χ3v) is 6.45. The van der Waals surface area contributed by atoms with Crippen molar-refractivity contribution in [1.82, 2.24) is 0 Å². The van der Waals surface area contributed by atoms with E-state index in [2.05, 4.69) is 19.9 Å². The summed E-state index contributed by atoms with van der Waals surface area (Å²) in [6.45, 7) is 4.64. The van der Waals surface area contributed by atoms with Crippen LogP contribution < -0.4 is 0 Å². The molecule has 0 aromatic carbocycles. The number of nitrogens with zero attached hydrogens (tertiary/aromatic N) is 1.